The van der Waals surface area contributed by atoms with E-state index in [-0.39, 0.29) is 0 Å². The second kappa shape index (κ2) is 3.78. The fourth-order valence-electron chi connectivity index (χ4n) is 2.64. The summed E-state index contributed by atoms with van der Waals surface area (Å²) in [5.74, 6) is 0. The van der Waals surface area contributed by atoms with E-state index in [2.05, 4.69) is 30.3 Å². The Morgan fingerprint density at radius 3 is 2.42 bits per heavy atom. The molecule has 0 saturated carbocycles. The summed E-state index contributed by atoms with van der Waals surface area (Å²) in [5, 5.41) is 5.44. The summed E-state index contributed by atoms with van der Waals surface area (Å²) >= 11 is 6.16. The lowest BCUT2D eigenvalue weighted by Gasteiger charge is -1.97. The minimum Gasteiger partial charge on any atom is -0.457 e. The molecule has 0 aliphatic heterocycles. The van der Waals surface area contributed by atoms with Crippen LogP contribution in [0.3, 0.4) is 0 Å². The minimum atomic E-state index is 0.746. The predicted octanol–water partition coefficient (Wildman–Crippen LogP) is 3.65. The third kappa shape index (κ3) is 1.50. The summed E-state index contributed by atoms with van der Waals surface area (Å²) in [6, 6.07) is 16.6. The maximum Gasteiger partial charge on any atom is 0.146 e. The summed E-state index contributed by atoms with van der Waals surface area (Å²) < 4.78 is 5.99. The zero-order valence-corrected chi connectivity index (χ0v) is 11.2. The molecule has 4 aromatic rings. The van der Waals surface area contributed by atoms with Gasteiger partial charge in [-0.3, -0.25) is 0 Å². The Bertz CT molecular complexity index is 940. The normalized spacial score (nSPS) is 11.6. The highest BCUT2D eigenvalue weighted by Gasteiger charge is 2.11. The van der Waals surface area contributed by atoms with Gasteiger partial charge in [0, 0.05) is 15.8 Å². The summed E-state index contributed by atoms with van der Waals surface area (Å²) in [6.07, 6.45) is 0. The number of hydrogen-bond donors (Lipinski definition) is 0. The topological polar surface area (TPSA) is 13.1 Å². The van der Waals surface area contributed by atoms with Crippen LogP contribution < -0.4 is 5.46 Å². The van der Waals surface area contributed by atoms with Crippen molar-refractivity contribution < 1.29 is 4.42 Å². The molecule has 0 atom stereocenters. The van der Waals surface area contributed by atoms with Gasteiger partial charge in [0.1, 0.15) is 19.0 Å². The molecular formula is C16H10BClO. The molecule has 90 valence electrons. The van der Waals surface area contributed by atoms with Gasteiger partial charge in [-0.25, -0.2) is 0 Å². The molecule has 1 aromatic heterocycles. The van der Waals surface area contributed by atoms with E-state index in [0.717, 1.165) is 32.4 Å². The van der Waals surface area contributed by atoms with Crippen molar-refractivity contribution in [3.8, 4) is 0 Å². The zero-order chi connectivity index (χ0) is 13.0. The lowest BCUT2D eigenvalue weighted by atomic mass is 9.93. The van der Waals surface area contributed by atoms with Crippen molar-refractivity contribution in [2.75, 3.05) is 0 Å². The molecule has 0 aliphatic rings. The van der Waals surface area contributed by atoms with Crippen LogP contribution in [0.1, 0.15) is 0 Å². The number of fused-ring (bicyclic) bond motifs is 4. The van der Waals surface area contributed by atoms with Gasteiger partial charge in [-0.1, -0.05) is 35.9 Å². The average Bonchev–Trinajstić information content (AvgIpc) is 2.79. The molecule has 4 rings (SSSR count). The Morgan fingerprint density at radius 2 is 1.63 bits per heavy atom. The zero-order valence-electron chi connectivity index (χ0n) is 10.4. The van der Waals surface area contributed by atoms with Gasteiger partial charge in [0.25, 0.3) is 0 Å². The predicted molar refractivity (Wildman–Crippen MR) is 84.4 cm³/mol. The summed E-state index contributed by atoms with van der Waals surface area (Å²) in [6.45, 7) is 0. The van der Waals surface area contributed by atoms with Crippen molar-refractivity contribution >= 4 is 57.6 Å². The molecule has 0 fully saturated rings. The third-order valence-electron chi connectivity index (χ3n) is 3.69. The van der Waals surface area contributed by atoms with Crippen LogP contribution in [-0.4, -0.2) is 7.85 Å². The quantitative estimate of drug-likeness (QED) is 0.442. The number of rotatable bonds is 0. The maximum absolute atomic E-state index is 6.16. The molecular weight excluding hydrogens is 254 g/mol. The lowest BCUT2D eigenvalue weighted by Crippen LogP contribution is -2.03. The first-order chi connectivity index (χ1) is 9.24. The summed E-state index contributed by atoms with van der Waals surface area (Å²) in [4.78, 5) is 0. The molecule has 0 saturated heterocycles. The van der Waals surface area contributed by atoms with Crippen molar-refractivity contribution in [1.29, 1.82) is 0 Å². The first kappa shape index (κ1) is 10.9. The van der Waals surface area contributed by atoms with E-state index in [0.29, 0.717) is 0 Å². The largest absolute Gasteiger partial charge is 0.457 e. The molecule has 0 aliphatic carbocycles. The number of furan rings is 1. The molecule has 0 unspecified atom stereocenters. The lowest BCUT2D eigenvalue weighted by molar-refractivity contribution is 0.672. The SMILES string of the molecule is Bc1c(Cl)ccc2c1oc1cc3ccccc3cc12. The Labute approximate surface area is 116 Å². The van der Waals surface area contributed by atoms with Crippen molar-refractivity contribution in [2.24, 2.45) is 0 Å². The van der Waals surface area contributed by atoms with Crippen LogP contribution in [0.25, 0.3) is 32.7 Å². The van der Waals surface area contributed by atoms with E-state index in [1.165, 1.54) is 10.8 Å². The van der Waals surface area contributed by atoms with Crippen LogP contribution in [0.15, 0.2) is 52.9 Å². The highest BCUT2D eigenvalue weighted by atomic mass is 35.5. The fourth-order valence-corrected chi connectivity index (χ4v) is 2.78. The van der Waals surface area contributed by atoms with Gasteiger partial charge in [0.2, 0.25) is 0 Å². The van der Waals surface area contributed by atoms with Crippen LogP contribution in [0.4, 0.5) is 0 Å². The second-order valence-corrected chi connectivity index (χ2v) is 5.25. The van der Waals surface area contributed by atoms with Crippen molar-refractivity contribution in [1.82, 2.24) is 0 Å². The summed E-state index contributed by atoms with van der Waals surface area (Å²) in [7, 11) is 1.99. The van der Waals surface area contributed by atoms with Gasteiger partial charge in [0.05, 0.1) is 0 Å². The Hall–Kier alpha value is -1.93. The molecule has 1 nitrogen and oxygen atoms in total. The van der Waals surface area contributed by atoms with Crippen molar-refractivity contribution in [3.63, 3.8) is 0 Å². The highest BCUT2D eigenvalue weighted by molar-refractivity contribution is 6.49. The molecule has 3 aromatic carbocycles. The van der Waals surface area contributed by atoms with Crippen LogP contribution in [-0.2, 0) is 0 Å². The minimum absolute atomic E-state index is 0.746. The van der Waals surface area contributed by atoms with Crippen LogP contribution >= 0.6 is 11.6 Å². The van der Waals surface area contributed by atoms with Gasteiger partial charge < -0.3 is 4.42 Å². The van der Waals surface area contributed by atoms with Crippen molar-refractivity contribution in [3.05, 3.63) is 53.6 Å². The fraction of sp³-hybridized carbons (Fsp3) is 0. The number of benzene rings is 3. The highest BCUT2D eigenvalue weighted by Crippen LogP contribution is 2.32. The number of halogens is 1. The van der Waals surface area contributed by atoms with E-state index in [4.69, 9.17) is 16.0 Å². The van der Waals surface area contributed by atoms with Crippen LogP contribution in [0.5, 0.6) is 0 Å². The molecule has 0 N–H and O–H groups in total. The van der Waals surface area contributed by atoms with Crippen LogP contribution in [0.2, 0.25) is 5.02 Å². The van der Waals surface area contributed by atoms with Gasteiger partial charge >= 0.3 is 0 Å². The molecule has 0 amide bonds. The van der Waals surface area contributed by atoms with E-state index in [1.807, 2.05) is 26.0 Å². The van der Waals surface area contributed by atoms with E-state index < -0.39 is 0 Å². The van der Waals surface area contributed by atoms with Gasteiger partial charge in [-0.15, -0.1) is 0 Å². The van der Waals surface area contributed by atoms with Crippen molar-refractivity contribution in [2.45, 2.75) is 0 Å². The maximum atomic E-state index is 6.16. The average molecular weight is 265 g/mol. The molecule has 0 spiro atoms. The Balaban J connectivity index is 2.25. The van der Waals surface area contributed by atoms with Gasteiger partial charge in [0.15, 0.2) is 0 Å². The molecule has 0 radical (unpaired) electrons. The monoisotopic (exact) mass is 264 g/mol. The molecule has 1 heterocycles. The smallest absolute Gasteiger partial charge is 0.146 e. The Morgan fingerprint density at radius 1 is 0.895 bits per heavy atom. The first-order valence-electron chi connectivity index (χ1n) is 6.24. The summed E-state index contributed by atoms with van der Waals surface area (Å²) in [5.41, 5.74) is 2.80. The standard InChI is InChI=1S/C16H10BClO/c17-15-13(18)6-5-11-12-7-9-3-1-2-4-10(9)8-14(12)19-16(11)15/h1-8H,17H2. The van der Waals surface area contributed by atoms with Gasteiger partial charge in [-0.05, 0) is 40.5 Å². The van der Waals surface area contributed by atoms with E-state index in [1.54, 1.807) is 0 Å². The van der Waals surface area contributed by atoms with Gasteiger partial charge in [-0.2, -0.15) is 0 Å². The molecule has 19 heavy (non-hydrogen) atoms. The van der Waals surface area contributed by atoms with E-state index >= 15 is 0 Å². The van der Waals surface area contributed by atoms with Crippen LogP contribution in [0, 0.1) is 0 Å². The number of hydrogen-bond acceptors (Lipinski definition) is 1. The first-order valence-corrected chi connectivity index (χ1v) is 6.62. The molecule has 0 bridgehead atoms. The second-order valence-electron chi connectivity index (χ2n) is 4.85. The Kier molecular flexibility index (Phi) is 2.18. The third-order valence-corrected chi connectivity index (χ3v) is 4.10. The van der Waals surface area contributed by atoms with E-state index in [9.17, 15) is 0 Å². The molecule has 3 heteroatoms.